The lowest BCUT2D eigenvalue weighted by Gasteiger charge is -2.18. The van der Waals surface area contributed by atoms with Gasteiger partial charge in [-0.2, -0.15) is 11.8 Å². The molecule has 1 saturated heterocycles. The maximum atomic E-state index is 11.8. The standard InChI is InChI=1S/C16H30N6O2S/c17-16(24)21-13-9-12-25-14(13)7-3-4-8-15(23)19-10-5-1-2-6-11-20-22-18/h13-14H,1-12H2,(H,19,23)(H3,17,21,24)/t13?,14-/m0/s1. The van der Waals surface area contributed by atoms with E-state index in [4.69, 9.17) is 11.3 Å². The minimum atomic E-state index is -0.449. The zero-order valence-corrected chi connectivity index (χ0v) is 15.6. The van der Waals surface area contributed by atoms with E-state index in [-0.39, 0.29) is 11.9 Å². The normalized spacial score (nSPS) is 19.2. The van der Waals surface area contributed by atoms with Gasteiger partial charge in [-0.05, 0) is 43.4 Å². The predicted molar refractivity (Wildman–Crippen MR) is 101 cm³/mol. The molecule has 9 heteroatoms. The van der Waals surface area contributed by atoms with Gasteiger partial charge in [-0.25, -0.2) is 4.79 Å². The van der Waals surface area contributed by atoms with Crippen LogP contribution >= 0.6 is 11.8 Å². The van der Waals surface area contributed by atoms with E-state index in [0.29, 0.717) is 24.8 Å². The highest BCUT2D eigenvalue weighted by Crippen LogP contribution is 2.30. The molecule has 4 N–H and O–H groups in total. The third-order valence-corrected chi connectivity index (χ3v) is 5.71. The van der Waals surface area contributed by atoms with Gasteiger partial charge in [0.05, 0.1) is 0 Å². The smallest absolute Gasteiger partial charge is 0.312 e. The van der Waals surface area contributed by atoms with Gasteiger partial charge in [-0.3, -0.25) is 4.79 Å². The third kappa shape index (κ3) is 10.8. The molecule has 1 fully saturated rings. The molecule has 0 radical (unpaired) electrons. The second-order valence-corrected chi connectivity index (χ2v) is 7.62. The number of azide groups is 1. The fraction of sp³-hybridized carbons (Fsp3) is 0.875. The van der Waals surface area contributed by atoms with E-state index in [1.54, 1.807) is 0 Å². The average Bonchev–Trinajstić information content (AvgIpc) is 3.00. The number of hydrogen-bond donors (Lipinski definition) is 3. The van der Waals surface area contributed by atoms with Gasteiger partial charge < -0.3 is 16.4 Å². The van der Waals surface area contributed by atoms with Crippen LogP contribution in [0.5, 0.6) is 0 Å². The SMILES string of the molecule is [N-]=[N+]=NCCCCCCNC(=O)CCCC[C@@H]1SCCC1NC(N)=O. The van der Waals surface area contributed by atoms with Gasteiger partial charge in [-0.15, -0.1) is 0 Å². The largest absolute Gasteiger partial charge is 0.356 e. The molecule has 0 aromatic rings. The highest BCUT2D eigenvalue weighted by atomic mass is 32.2. The molecule has 25 heavy (non-hydrogen) atoms. The summed E-state index contributed by atoms with van der Waals surface area (Å²) < 4.78 is 0. The number of nitrogens with zero attached hydrogens (tertiary/aromatic N) is 3. The Morgan fingerprint density at radius 3 is 2.76 bits per heavy atom. The molecule has 1 unspecified atom stereocenters. The first-order chi connectivity index (χ1) is 12.1. The summed E-state index contributed by atoms with van der Waals surface area (Å²) in [7, 11) is 0. The molecular weight excluding hydrogens is 340 g/mol. The first-order valence-corrected chi connectivity index (χ1v) is 10.1. The van der Waals surface area contributed by atoms with Gasteiger partial charge in [0.25, 0.3) is 0 Å². The summed E-state index contributed by atoms with van der Waals surface area (Å²) in [5.74, 6) is 1.17. The molecule has 2 atom stereocenters. The summed E-state index contributed by atoms with van der Waals surface area (Å²) in [6, 6.07) is -0.273. The van der Waals surface area contributed by atoms with Crippen molar-refractivity contribution in [1.29, 1.82) is 0 Å². The lowest BCUT2D eigenvalue weighted by Crippen LogP contribution is -2.42. The van der Waals surface area contributed by atoms with E-state index in [0.717, 1.165) is 57.1 Å². The van der Waals surface area contributed by atoms with Crippen LogP contribution in [0.1, 0.15) is 57.8 Å². The number of amides is 3. The van der Waals surface area contributed by atoms with Crippen LogP contribution in [0.2, 0.25) is 0 Å². The van der Waals surface area contributed by atoms with Crippen molar-refractivity contribution in [2.75, 3.05) is 18.8 Å². The fourth-order valence-corrected chi connectivity index (χ4v) is 4.40. The van der Waals surface area contributed by atoms with Crippen LogP contribution < -0.4 is 16.4 Å². The Morgan fingerprint density at radius 2 is 2.00 bits per heavy atom. The molecule has 142 valence electrons. The van der Waals surface area contributed by atoms with E-state index in [1.165, 1.54) is 0 Å². The van der Waals surface area contributed by atoms with E-state index in [2.05, 4.69) is 20.7 Å². The van der Waals surface area contributed by atoms with Crippen LogP contribution in [0.25, 0.3) is 10.4 Å². The summed E-state index contributed by atoms with van der Waals surface area (Å²) in [6.45, 7) is 1.27. The molecule has 1 heterocycles. The van der Waals surface area contributed by atoms with Gasteiger partial charge in [0, 0.05) is 35.7 Å². The van der Waals surface area contributed by atoms with Gasteiger partial charge in [0.2, 0.25) is 5.91 Å². The predicted octanol–water partition coefficient (Wildman–Crippen LogP) is 3.08. The first kappa shape index (κ1) is 21.4. The monoisotopic (exact) mass is 370 g/mol. The van der Waals surface area contributed by atoms with Crippen molar-refractivity contribution in [3.63, 3.8) is 0 Å². The van der Waals surface area contributed by atoms with Crippen molar-refractivity contribution in [3.05, 3.63) is 10.4 Å². The number of unbranched alkanes of at least 4 members (excludes halogenated alkanes) is 4. The van der Waals surface area contributed by atoms with E-state index >= 15 is 0 Å². The van der Waals surface area contributed by atoms with Crippen molar-refractivity contribution >= 4 is 23.7 Å². The fourth-order valence-electron chi connectivity index (χ4n) is 2.93. The number of carbonyl (C=O) groups is 2. The van der Waals surface area contributed by atoms with E-state index in [1.807, 2.05) is 11.8 Å². The van der Waals surface area contributed by atoms with Crippen LogP contribution in [0.3, 0.4) is 0 Å². The van der Waals surface area contributed by atoms with Gasteiger partial charge in [-0.1, -0.05) is 24.4 Å². The molecule has 1 rings (SSSR count). The Labute approximate surface area is 153 Å². The van der Waals surface area contributed by atoms with Crippen LogP contribution in [0.15, 0.2) is 5.11 Å². The van der Waals surface area contributed by atoms with Crippen LogP contribution in [-0.2, 0) is 4.79 Å². The lowest BCUT2D eigenvalue weighted by molar-refractivity contribution is -0.121. The highest BCUT2D eigenvalue weighted by molar-refractivity contribution is 8.00. The summed E-state index contributed by atoms with van der Waals surface area (Å²) in [4.78, 5) is 25.5. The maximum absolute atomic E-state index is 11.8. The number of carbonyl (C=O) groups excluding carboxylic acids is 2. The Kier molecular flexibility index (Phi) is 11.7. The van der Waals surface area contributed by atoms with Crippen LogP contribution in [-0.4, -0.2) is 42.1 Å². The van der Waals surface area contributed by atoms with Crippen LogP contribution in [0.4, 0.5) is 4.79 Å². The minimum Gasteiger partial charge on any atom is -0.356 e. The molecular formula is C16H30N6O2S. The quantitative estimate of drug-likeness (QED) is 0.199. The molecule has 0 saturated carbocycles. The maximum Gasteiger partial charge on any atom is 0.312 e. The molecule has 1 aliphatic heterocycles. The van der Waals surface area contributed by atoms with E-state index in [9.17, 15) is 9.59 Å². The first-order valence-electron chi connectivity index (χ1n) is 9.08. The topological polar surface area (TPSA) is 133 Å². The molecule has 1 aliphatic rings. The molecule has 0 aromatic carbocycles. The molecule has 3 amide bonds. The number of rotatable bonds is 13. The number of primary amides is 1. The summed E-state index contributed by atoms with van der Waals surface area (Å²) in [5.41, 5.74) is 13.4. The van der Waals surface area contributed by atoms with E-state index < -0.39 is 6.03 Å². The average molecular weight is 371 g/mol. The second-order valence-electron chi connectivity index (χ2n) is 6.28. The minimum absolute atomic E-state index is 0.111. The Balaban J connectivity index is 1.96. The van der Waals surface area contributed by atoms with Crippen LogP contribution in [0, 0.1) is 0 Å². The Bertz CT molecular complexity index is 456. The molecule has 0 aliphatic carbocycles. The lowest BCUT2D eigenvalue weighted by atomic mass is 10.0. The number of nitrogens with one attached hydrogen (secondary N) is 2. The zero-order valence-electron chi connectivity index (χ0n) is 14.8. The number of thioether (sulfide) groups is 1. The summed E-state index contributed by atoms with van der Waals surface area (Å²) >= 11 is 1.88. The van der Waals surface area contributed by atoms with Gasteiger partial charge in [0.1, 0.15) is 0 Å². The van der Waals surface area contributed by atoms with Gasteiger partial charge >= 0.3 is 6.03 Å². The molecule has 0 spiro atoms. The van der Waals surface area contributed by atoms with Crippen molar-refractivity contribution in [2.45, 2.75) is 69.1 Å². The Morgan fingerprint density at radius 1 is 1.20 bits per heavy atom. The van der Waals surface area contributed by atoms with Gasteiger partial charge in [0.15, 0.2) is 0 Å². The van der Waals surface area contributed by atoms with Crippen molar-refractivity contribution < 1.29 is 9.59 Å². The Hall–Kier alpha value is -1.60. The number of nitrogens with two attached hydrogens (primary N) is 1. The molecule has 0 aromatic heterocycles. The molecule has 0 bridgehead atoms. The second kappa shape index (κ2) is 13.7. The highest BCUT2D eigenvalue weighted by Gasteiger charge is 2.28. The van der Waals surface area contributed by atoms with Crippen molar-refractivity contribution in [2.24, 2.45) is 10.8 Å². The van der Waals surface area contributed by atoms with Crippen molar-refractivity contribution in [3.8, 4) is 0 Å². The third-order valence-electron chi connectivity index (χ3n) is 4.25. The van der Waals surface area contributed by atoms with Crippen molar-refractivity contribution in [1.82, 2.24) is 10.6 Å². The molecule has 8 nitrogen and oxygen atoms in total. The number of hydrogen-bond acceptors (Lipinski definition) is 4. The summed E-state index contributed by atoms with van der Waals surface area (Å²) in [5, 5.41) is 9.67. The zero-order chi connectivity index (χ0) is 18.3. The summed E-state index contributed by atoms with van der Waals surface area (Å²) in [6.07, 6.45) is 8.32. The number of urea groups is 1.